The molecule has 0 aliphatic carbocycles. The fraction of sp³-hybridized carbons (Fsp3) is 0.308. The molecule has 6 heteroatoms. The lowest BCUT2D eigenvalue weighted by molar-refractivity contribution is 0.343. The first kappa shape index (κ1) is 13.4. The van der Waals surface area contributed by atoms with Gasteiger partial charge in [-0.25, -0.2) is 0 Å². The van der Waals surface area contributed by atoms with Crippen LogP contribution in [0, 0.1) is 18.3 Å². The van der Waals surface area contributed by atoms with Crippen LogP contribution in [-0.4, -0.2) is 22.6 Å². The number of nitrogens with zero attached hydrogens (tertiary/aromatic N) is 3. The molecule has 0 bridgehead atoms. The highest BCUT2D eigenvalue weighted by atomic mass is 32.2. The molecule has 1 aromatic heterocycles. The van der Waals surface area contributed by atoms with Crippen LogP contribution in [0.25, 0.3) is 0 Å². The second-order valence-corrected chi connectivity index (χ2v) is 4.81. The normalized spacial score (nSPS) is 10.1. The summed E-state index contributed by atoms with van der Waals surface area (Å²) < 4.78 is 10.8. The van der Waals surface area contributed by atoms with Gasteiger partial charge in [-0.15, -0.1) is 10.2 Å². The molecule has 1 aromatic carbocycles. The Bertz CT molecular complexity index is 560. The van der Waals surface area contributed by atoms with Crippen molar-refractivity contribution in [3.8, 4) is 11.8 Å². The van der Waals surface area contributed by atoms with Gasteiger partial charge in [0.1, 0.15) is 5.75 Å². The molecule has 2 aromatic rings. The van der Waals surface area contributed by atoms with Crippen LogP contribution in [0.4, 0.5) is 0 Å². The molecule has 0 aliphatic heterocycles. The van der Waals surface area contributed by atoms with Crippen LogP contribution < -0.4 is 4.74 Å². The first-order valence-corrected chi connectivity index (χ1v) is 6.78. The number of aromatic nitrogens is 2. The van der Waals surface area contributed by atoms with E-state index in [1.165, 1.54) is 11.8 Å². The number of ether oxygens (including phenoxy) is 1. The monoisotopic (exact) mass is 275 g/mol. The summed E-state index contributed by atoms with van der Waals surface area (Å²) in [5.41, 5.74) is 0.991. The number of hydrogen-bond donors (Lipinski definition) is 0. The minimum absolute atomic E-state index is 0.423. The zero-order chi connectivity index (χ0) is 13.5. The Kier molecular flexibility index (Phi) is 4.81. The number of rotatable bonds is 6. The van der Waals surface area contributed by atoms with Crippen molar-refractivity contribution in [1.82, 2.24) is 10.2 Å². The largest absolute Gasteiger partial charge is 0.493 e. The smallest absolute Gasteiger partial charge is 0.276 e. The zero-order valence-corrected chi connectivity index (χ0v) is 11.3. The second kappa shape index (κ2) is 6.81. The first-order valence-electron chi connectivity index (χ1n) is 5.79. The topological polar surface area (TPSA) is 71.9 Å². The van der Waals surface area contributed by atoms with E-state index in [2.05, 4.69) is 16.3 Å². The number of thioether (sulfide) groups is 1. The van der Waals surface area contributed by atoms with Gasteiger partial charge in [0.2, 0.25) is 5.89 Å². The van der Waals surface area contributed by atoms with Crippen molar-refractivity contribution < 1.29 is 9.15 Å². The maximum Gasteiger partial charge on any atom is 0.276 e. The summed E-state index contributed by atoms with van der Waals surface area (Å²) in [6, 6.07) is 9.64. The van der Waals surface area contributed by atoms with Crippen molar-refractivity contribution in [2.24, 2.45) is 0 Å². The van der Waals surface area contributed by atoms with Gasteiger partial charge < -0.3 is 9.15 Å². The van der Waals surface area contributed by atoms with Gasteiger partial charge in [0.05, 0.1) is 19.1 Å². The zero-order valence-electron chi connectivity index (χ0n) is 10.5. The summed E-state index contributed by atoms with van der Waals surface area (Å²) in [5, 5.41) is 16.8. The molecule has 2 rings (SSSR count). The molecule has 0 saturated carbocycles. The maximum atomic E-state index is 8.57. The van der Waals surface area contributed by atoms with E-state index < -0.39 is 0 Å². The second-order valence-electron chi connectivity index (χ2n) is 3.76. The Morgan fingerprint density at radius 3 is 2.74 bits per heavy atom. The molecule has 0 amide bonds. The number of nitriles is 1. The molecule has 98 valence electrons. The van der Waals surface area contributed by atoms with Crippen LogP contribution in [0.15, 0.2) is 33.9 Å². The predicted molar refractivity (Wildman–Crippen MR) is 71.0 cm³/mol. The minimum Gasteiger partial charge on any atom is -0.493 e. The van der Waals surface area contributed by atoms with Gasteiger partial charge in [-0.2, -0.15) is 5.26 Å². The van der Waals surface area contributed by atoms with Gasteiger partial charge in [0.15, 0.2) is 0 Å². The molecule has 0 unspecified atom stereocenters. The molecule has 0 radical (unpaired) electrons. The van der Waals surface area contributed by atoms with Crippen molar-refractivity contribution in [2.45, 2.75) is 18.6 Å². The lowest BCUT2D eigenvalue weighted by Crippen LogP contribution is -2.00. The molecule has 0 fully saturated rings. The summed E-state index contributed by atoms with van der Waals surface area (Å²) >= 11 is 1.46. The molecule has 0 aliphatic rings. The standard InChI is InChI=1S/C13H13N3O2S/c1-10-15-16-13(18-10)19-9-8-17-12-4-2-11(3-5-12)6-7-14/h2-5H,6,8-9H2,1H3. The van der Waals surface area contributed by atoms with Crippen LogP contribution in [-0.2, 0) is 6.42 Å². The van der Waals surface area contributed by atoms with Gasteiger partial charge in [0, 0.05) is 12.7 Å². The van der Waals surface area contributed by atoms with E-state index in [1.54, 1.807) is 6.92 Å². The van der Waals surface area contributed by atoms with Crippen LogP contribution in [0.1, 0.15) is 11.5 Å². The third kappa shape index (κ3) is 4.30. The Morgan fingerprint density at radius 2 is 2.11 bits per heavy atom. The highest BCUT2D eigenvalue weighted by molar-refractivity contribution is 7.99. The molecular formula is C13H13N3O2S. The summed E-state index contributed by atoms with van der Waals surface area (Å²) in [5.74, 6) is 2.10. The molecule has 1 heterocycles. The van der Waals surface area contributed by atoms with Crippen molar-refractivity contribution >= 4 is 11.8 Å². The maximum absolute atomic E-state index is 8.57. The van der Waals surface area contributed by atoms with Crippen molar-refractivity contribution in [3.63, 3.8) is 0 Å². The average Bonchev–Trinajstić information content (AvgIpc) is 2.83. The Labute approximate surface area is 115 Å². The van der Waals surface area contributed by atoms with E-state index in [9.17, 15) is 0 Å². The summed E-state index contributed by atoms with van der Waals surface area (Å²) in [4.78, 5) is 0. The molecule has 0 N–H and O–H groups in total. The fourth-order valence-corrected chi connectivity index (χ4v) is 2.04. The highest BCUT2D eigenvalue weighted by Gasteiger charge is 2.02. The lowest BCUT2D eigenvalue weighted by Gasteiger charge is -2.05. The van der Waals surface area contributed by atoms with E-state index >= 15 is 0 Å². The Hall–Kier alpha value is -2.00. The minimum atomic E-state index is 0.423. The average molecular weight is 275 g/mol. The van der Waals surface area contributed by atoms with Crippen LogP contribution in [0.5, 0.6) is 5.75 Å². The highest BCUT2D eigenvalue weighted by Crippen LogP contribution is 2.17. The van der Waals surface area contributed by atoms with Crippen LogP contribution >= 0.6 is 11.8 Å². The fourth-order valence-electron chi connectivity index (χ4n) is 1.42. The number of aryl methyl sites for hydroxylation is 1. The first-order chi connectivity index (χ1) is 9.28. The van der Waals surface area contributed by atoms with Crippen molar-refractivity contribution in [2.75, 3.05) is 12.4 Å². The SMILES string of the molecule is Cc1nnc(SCCOc2ccc(CC#N)cc2)o1. The van der Waals surface area contributed by atoms with E-state index in [0.717, 1.165) is 17.1 Å². The molecular weight excluding hydrogens is 262 g/mol. The molecule has 5 nitrogen and oxygen atoms in total. The third-order valence-electron chi connectivity index (χ3n) is 2.29. The quantitative estimate of drug-likeness (QED) is 0.596. The number of hydrogen-bond acceptors (Lipinski definition) is 6. The molecule has 0 saturated heterocycles. The van der Waals surface area contributed by atoms with Crippen molar-refractivity contribution in [3.05, 3.63) is 35.7 Å². The van der Waals surface area contributed by atoms with Gasteiger partial charge >= 0.3 is 0 Å². The van der Waals surface area contributed by atoms with Gasteiger partial charge in [0.25, 0.3) is 5.22 Å². The molecule has 0 spiro atoms. The van der Waals surface area contributed by atoms with Crippen LogP contribution in [0.2, 0.25) is 0 Å². The molecule has 19 heavy (non-hydrogen) atoms. The van der Waals surface area contributed by atoms with Gasteiger partial charge in [-0.3, -0.25) is 0 Å². The Balaban J connectivity index is 1.72. The van der Waals surface area contributed by atoms with E-state index in [-0.39, 0.29) is 0 Å². The summed E-state index contributed by atoms with van der Waals surface area (Å²) in [7, 11) is 0. The lowest BCUT2D eigenvalue weighted by atomic mass is 10.2. The molecule has 0 atom stereocenters. The van der Waals surface area contributed by atoms with Gasteiger partial charge in [-0.1, -0.05) is 23.9 Å². The predicted octanol–water partition coefficient (Wildman–Crippen LogP) is 2.62. The van der Waals surface area contributed by atoms with Crippen molar-refractivity contribution in [1.29, 1.82) is 5.26 Å². The van der Waals surface area contributed by atoms with Crippen LogP contribution in [0.3, 0.4) is 0 Å². The Morgan fingerprint density at radius 1 is 1.32 bits per heavy atom. The van der Waals surface area contributed by atoms with E-state index in [1.807, 2.05) is 24.3 Å². The van der Waals surface area contributed by atoms with E-state index in [0.29, 0.717) is 24.1 Å². The summed E-state index contributed by atoms with van der Waals surface area (Å²) in [6.45, 7) is 2.32. The number of benzene rings is 1. The van der Waals surface area contributed by atoms with Gasteiger partial charge in [-0.05, 0) is 17.7 Å². The van der Waals surface area contributed by atoms with E-state index in [4.69, 9.17) is 14.4 Å². The summed E-state index contributed by atoms with van der Waals surface area (Å²) in [6.07, 6.45) is 0.423. The third-order valence-corrected chi connectivity index (χ3v) is 3.07.